The Morgan fingerprint density at radius 1 is 0.290 bits per heavy atom. The molecule has 0 aliphatic carbocycles. The summed E-state index contributed by atoms with van der Waals surface area (Å²) < 4.78 is 8.68. The Morgan fingerprint density at radius 3 is 1.52 bits per heavy atom. The van der Waals surface area contributed by atoms with Crippen molar-refractivity contribution in [3.8, 4) is 61.3 Å². The van der Waals surface area contributed by atoms with Crippen LogP contribution in [0.5, 0.6) is 0 Å². The number of benzene rings is 11. The second-order valence-electron chi connectivity index (χ2n) is 17.6. The first-order valence-corrected chi connectivity index (χ1v) is 23.6. The molecule has 324 valence electrons. The van der Waals surface area contributed by atoms with Gasteiger partial charge in [0.1, 0.15) is 11.2 Å². The van der Waals surface area contributed by atoms with Gasteiger partial charge in [-0.1, -0.05) is 194 Å². The van der Waals surface area contributed by atoms with Gasteiger partial charge in [-0.2, -0.15) is 0 Å². The van der Waals surface area contributed by atoms with E-state index in [9.17, 15) is 0 Å². The first-order valence-electron chi connectivity index (χ1n) is 23.6. The average Bonchev–Trinajstić information content (AvgIpc) is 3.98. The van der Waals surface area contributed by atoms with E-state index in [0.29, 0.717) is 0 Å². The minimum atomic E-state index is 0.891. The molecule has 0 N–H and O–H groups in total. The zero-order valence-corrected chi connectivity index (χ0v) is 37.7. The Kier molecular flexibility index (Phi) is 9.84. The minimum Gasteiger partial charge on any atom is -0.456 e. The number of rotatable bonds is 9. The summed E-state index contributed by atoms with van der Waals surface area (Å²) in [6, 6.07) is 96.1. The van der Waals surface area contributed by atoms with E-state index in [2.05, 4.69) is 264 Å². The summed E-state index contributed by atoms with van der Waals surface area (Å²) in [5.41, 5.74) is 20.2. The van der Waals surface area contributed by atoms with Crippen molar-refractivity contribution in [3.05, 3.63) is 267 Å². The third-order valence-electron chi connectivity index (χ3n) is 13.6. The number of para-hydroxylation sites is 4. The molecule has 0 aliphatic rings. The normalized spacial score (nSPS) is 11.5. The third-order valence-corrected chi connectivity index (χ3v) is 13.6. The third kappa shape index (κ3) is 6.99. The summed E-state index contributed by atoms with van der Waals surface area (Å²) in [4.78, 5) is 2.41. The molecule has 3 heteroatoms. The van der Waals surface area contributed by atoms with E-state index in [1.165, 1.54) is 49.6 Å². The van der Waals surface area contributed by atoms with Gasteiger partial charge in [0.05, 0.1) is 16.7 Å². The Balaban J connectivity index is 0.952. The van der Waals surface area contributed by atoms with Gasteiger partial charge in [0, 0.05) is 44.2 Å². The molecule has 0 amide bonds. The van der Waals surface area contributed by atoms with Crippen LogP contribution in [0.4, 0.5) is 17.1 Å². The zero-order valence-electron chi connectivity index (χ0n) is 37.7. The van der Waals surface area contributed by atoms with Gasteiger partial charge in [0.15, 0.2) is 0 Å². The predicted molar refractivity (Wildman–Crippen MR) is 290 cm³/mol. The van der Waals surface area contributed by atoms with E-state index in [0.717, 1.165) is 72.5 Å². The van der Waals surface area contributed by atoms with Gasteiger partial charge in [-0.15, -0.1) is 0 Å². The molecule has 0 unspecified atom stereocenters. The first-order chi connectivity index (χ1) is 34.2. The van der Waals surface area contributed by atoms with Crippen LogP contribution in [0.3, 0.4) is 0 Å². The quantitative estimate of drug-likeness (QED) is 0.144. The molecule has 0 bridgehead atoms. The Bertz CT molecular complexity index is 4000. The summed E-state index contributed by atoms with van der Waals surface area (Å²) in [5, 5.41) is 4.73. The molecule has 0 atom stereocenters. The van der Waals surface area contributed by atoms with Crippen molar-refractivity contribution in [2.24, 2.45) is 0 Å². The van der Waals surface area contributed by atoms with Gasteiger partial charge >= 0.3 is 0 Å². The fraction of sp³-hybridized carbons (Fsp3) is 0. The molecule has 2 heterocycles. The lowest BCUT2D eigenvalue weighted by Crippen LogP contribution is -2.11. The maximum Gasteiger partial charge on any atom is 0.136 e. The van der Waals surface area contributed by atoms with Crippen LogP contribution in [0.2, 0.25) is 0 Å². The van der Waals surface area contributed by atoms with Crippen LogP contribution in [0, 0.1) is 0 Å². The molecule has 11 aromatic carbocycles. The van der Waals surface area contributed by atoms with E-state index in [4.69, 9.17) is 4.42 Å². The van der Waals surface area contributed by atoms with Crippen LogP contribution in [0.25, 0.3) is 105 Å². The lowest BCUT2D eigenvalue weighted by molar-refractivity contribution is 0.669. The Morgan fingerprint density at radius 2 is 0.783 bits per heavy atom. The number of nitrogens with zero attached hydrogens (tertiary/aromatic N) is 2. The molecule has 0 spiro atoms. The number of hydrogen-bond donors (Lipinski definition) is 0. The van der Waals surface area contributed by atoms with Crippen LogP contribution in [0.15, 0.2) is 271 Å². The van der Waals surface area contributed by atoms with Crippen molar-refractivity contribution in [1.29, 1.82) is 0 Å². The molecule has 13 aromatic rings. The standard InChI is InChI=1S/C66H44N2O/c1-3-18-46(19-4-1)52-22-7-8-23-54(52)55-24-9-10-25-56(55)57-26-11-14-30-61(57)67(51-41-36-47(37-42-51)53-29-17-33-65-66(53)59-28-13-16-32-64(59)69-65)50-39-34-45(35-40-50)48-38-43-63-60(44-48)58-27-12-15-31-62(58)68(63)49-20-5-2-6-21-49/h1-44H. The molecule has 0 saturated carbocycles. The molecule has 2 aromatic heterocycles. The van der Waals surface area contributed by atoms with Crippen molar-refractivity contribution in [3.63, 3.8) is 0 Å². The van der Waals surface area contributed by atoms with Crippen molar-refractivity contribution in [2.75, 3.05) is 4.90 Å². The molecule has 0 aliphatic heterocycles. The molecule has 0 saturated heterocycles. The summed E-state index contributed by atoms with van der Waals surface area (Å²) in [6.07, 6.45) is 0. The minimum absolute atomic E-state index is 0.891. The highest BCUT2D eigenvalue weighted by Gasteiger charge is 2.22. The summed E-state index contributed by atoms with van der Waals surface area (Å²) in [5.74, 6) is 0. The summed E-state index contributed by atoms with van der Waals surface area (Å²) >= 11 is 0. The smallest absolute Gasteiger partial charge is 0.136 e. The van der Waals surface area contributed by atoms with Crippen molar-refractivity contribution < 1.29 is 4.42 Å². The zero-order chi connectivity index (χ0) is 45.7. The first kappa shape index (κ1) is 40.1. The van der Waals surface area contributed by atoms with Gasteiger partial charge in [0.25, 0.3) is 0 Å². The second-order valence-corrected chi connectivity index (χ2v) is 17.6. The maximum absolute atomic E-state index is 6.31. The lowest BCUT2D eigenvalue weighted by Gasteiger charge is -2.29. The maximum atomic E-state index is 6.31. The SMILES string of the molecule is c1ccc(-c2ccccc2-c2ccccc2-c2ccccc2N(c2ccc(-c3ccc4c(c3)c3ccccc3n4-c3ccccc3)cc2)c2ccc(-c3cccc4oc5ccccc5c34)cc2)cc1. The van der Waals surface area contributed by atoms with E-state index >= 15 is 0 Å². The lowest BCUT2D eigenvalue weighted by atomic mass is 9.88. The highest BCUT2D eigenvalue weighted by molar-refractivity contribution is 6.13. The number of fused-ring (bicyclic) bond motifs is 6. The van der Waals surface area contributed by atoms with Crippen LogP contribution in [-0.2, 0) is 0 Å². The number of anilines is 3. The second kappa shape index (κ2) is 16.9. The van der Waals surface area contributed by atoms with E-state index in [1.54, 1.807) is 0 Å². The molecule has 13 rings (SSSR count). The number of aromatic nitrogens is 1. The Labute approximate surface area is 401 Å². The van der Waals surface area contributed by atoms with Gasteiger partial charge in [-0.25, -0.2) is 0 Å². The van der Waals surface area contributed by atoms with Gasteiger partial charge in [-0.3, -0.25) is 0 Å². The topological polar surface area (TPSA) is 21.3 Å². The fourth-order valence-corrected chi connectivity index (χ4v) is 10.5. The van der Waals surface area contributed by atoms with E-state index in [1.807, 2.05) is 12.1 Å². The largest absolute Gasteiger partial charge is 0.456 e. The fourth-order valence-electron chi connectivity index (χ4n) is 10.5. The highest BCUT2D eigenvalue weighted by atomic mass is 16.3. The summed E-state index contributed by atoms with van der Waals surface area (Å²) in [7, 11) is 0. The molecule has 69 heavy (non-hydrogen) atoms. The molecule has 0 radical (unpaired) electrons. The molecular formula is C66H44N2O. The van der Waals surface area contributed by atoms with Crippen molar-refractivity contribution >= 4 is 60.8 Å². The van der Waals surface area contributed by atoms with Gasteiger partial charge < -0.3 is 13.9 Å². The van der Waals surface area contributed by atoms with Gasteiger partial charge in [-0.05, 0) is 123 Å². The van der Waals surface area contributed by atoms with Crippen molar-refractivity contribution in [1.82, 2.24) is 4.57 Å². The molecule has 0 fully saturated rings. The van der Waals surface area contributed by atoms with Gasteiger partial charge in [0.2, 0.25) is 0 Å². The van der Waals surface area contributed by atoms with Crippen LogP contribution in [-0.4, -0.2) is 4.57 Å². The molecule has 3 nitrogen and oxygen atoms in total. The number of hydrogen-bond acceptors (Lipinski definition) is 2. The summed E-state index contributed by atoms with van der Waals surface area (Å²) in [6.45, 7) is 0. The monoisotopic (exact) mass is 880 g/mol. The van der Waals surface area contributed by atoms with E-state index in [-0.39, 0.29) is 0 Å². The Hall–Kier alpha value is -9.18. The highest BCUT2D eigenvalue weighted by Crippen LogP contribution is 2.46. The van der Waals surface area contributed by atoms with Crippen molar-refractivity contribution in [2.45, 2.75) is 0 Å². The van der Waals surface area contributed by atoms with Crippen LogP contribution < -0.4 is 4.90 Å². The van der Waals surface area contributed by atoms with Crippen LogP contribution >= 0.6 is 0 Å². The predicted octanol–water partition coefficient (Wildman–Crippen LogP) is 18.5. The van der Waals surface area contributed by atoms with Crippen LogP contribution in [0.1, 0.15) is 0 Å². The average molecular weight is 881 g/mol. The number of furan rings is 1. The van der Waals surface area contributed by atoms with E-state index < -0.39 is 0 Å². The molecular weight excluding hydrogens is 837 g/mol.